The molecule has 4 rings (SSSR count). The zero-order valence-electron chi connectivity index (χ0n) is 20.7. The second-order valence-electron chi connectivity index (χ2n) is 8.78. The van der Waals surface area contributed by atoms with E-state index in [1.54, 1.807) is 0 Å². The number of hydrogen-bond acceptors (Lipinski definition) is 3. The lowest BCUT2D eigenvalue weighted by Gasteiger charge is -2.36. The van der Waals surface area contributed by atoms with Gasteiger partial charge in [-0.15, -0.1) is 0 Å². The first-order chi connectivity index (χ1) is 17.4. The summed E-state index contributed by atoms with van der Waals surface area (Å²) < 4.78 is 9.74. The number of nitrogens with one attached hydrogen (secondary N) is 1. The summed E-state index contributed by atoms with van der Waals surface area (Å²) in [5.74, 6) is 0. The number of aliphatic hydroxyl groups is 1. The van der Waals surface area contributed by atoms with Crippen LogP contribution in [0.25, 0.3) is 0 Å². The molecular weight excluding hydrogens is 467 g/mol. The van der Waals surface area contributed by atoms with Crippen LogP contribution in [0.4, 0.5) is 4.79 Å². The van der Waals surface area contributed by atoms with Gasteiger partial charge in [0.05, 0.1) is 7.11 Å². The Balaban J connectivity index is 2.14. The van der Waals surface area contributed by atoms with Crippen molar-refractivity contribution in [3.63, 3.8) is 0 Å². The highest BCUT2D eigenvalue weighted by Gasteiger charge is 2.40. The van der Waals surface area contributed by atoms with Crippen LogP contribution in [0.3, 0.4) is 0 Å². The second-order valence-corrected chi connectivity index (χ2v) is 11.5. The molecule has 1 atom stereocenters. The first kappa shape index (κ1) is 25.6. The SMILES string of the molecule is COC(=O)N=P(NC(C)C)(c1ccccc1)c1ccccc1C(O)(c1ccccc1)c1ccccc1. The molecule has 0 aliphatic rings. The van der Waals surface area contributed by atoms with Gasteiger partial charge in [0, 0.05) is 22.2 Å². The number of methoxy groups -OCH3 is 1. The van der Waals surface area contributed by atoms with Crippen molar-refractivity contribution in [2.75, 3.05) is 7.11 Å². The van der Waals surface area contributed by atoms with E-state index in [0.717, 1.165) is 21.7 Å². The predicted molar refractivity (Wildman–Crippen MR) is 147 cm³/mol. The predicted octanol–water partition coefficient (Wildman–Crippen LogP) is 5.80. The van der Waals surface area contributed by atoms with Crippen LogP contribution in [-0.2, 0) is 10.3 Å². The Bertz CT molecular complexity index is 1320. The van der Waals surface area contributed by atoms with Crippen molar-refractivity contribution >= 4 is 23.9 Å². The summed E-state index contributed by atoms with van der Waals surface area (Å²) in [7, 11) is -1.63. The monoisotopic (exact) mass is 498 g/mol. The van der Waals surface area contributed by atoms with Gasteiger partial charge < -0.3 is 9.84 Å². The first-order valence-corrected chi connectivity index (χ1v) is 13.6. The molecular formula is C30H31N2O3P. The van der Waals surface area contributed by atoms with Crippen LogP contribution >= 0.6 is 7.21 Å². The fraction of sp³-hybridized carbons (Fsp3) is 0.167. The van der Waals surface area contributed by atoms with Crippen molar-refractivity contribution in [1.29, 1.82) is 0 Å². The molecule has 4 aromatic rings. The molecule has 0 saturated carbocycles. The third-order valence-corrected chi connectivity index (χ3v) is 9.49. The zero-order chi connectivity index (χ0) is 25.6. The van der Waals surface area contributed by atoms with E-state index in [1.165, 1.54) is 7.11 Å². The van der Waals surface area contributed by atoms with Gasteiger partial charge in [0.1, 0.15) is 12.8 Å². The molecule has 6 heteroatoms. The van der Waals surface area contributed by atoms with Gasteiger partial charge in [0.15, 0.2) is 0 Å². The normalized spacial score (nSPS) is 13.1. The molecule has 184 valence electrons. The number of nitrogens with zero attached hydrogens (tertiary/aromatic N) is 1. The molecule has 2 N–H and O–H groups in total. The van der Waals surface area contributed by atoms with Crippen LogP contribution in [0, 0.1) is 0 Å². The number of ether oxygens (including phenoxy) is 1. The van der Waals surface area contributed by atoms with Gasteiger partial charge in [-0.05, 0) is 25.0 Å². The molecule has 5 nitrogen and oxygen atoms in total. The Labute approximate surface area is 212 Å². The summed E-state index contributed by atoms with van der Waals surface area (Å²) >= 11 is 0. The molecule has 0 saturated heterocycles. The fourth-order valence-electron chi connectivity index (χ4n) is 4.50. The molecule has 36 heavy (non-hydrogen) atoms. The van der Waals surface area contributed by atoms with Crippen LogP contribution in [0.1, 0.15) is 30.5 Å². The molecule has 0 spiro atoms. The Hall–Kier alpha value is -3.50. The van der Waals surface area contributed by atoms with Crippen molar-refractivity contribution in [3.05, 3.63) is 132 Å². The third-order valence-electron chi connectivity index (χ3n) is 6.01. The van der Waals surface area contributed by atoms with E-state index in [2.05, 4.69) is 5.09 Å². The van der Waals surface area contributed by atoms with Gasteiger partial charge in [-0.25, -0.2) is 4.79 Å². The molecule has 0 aliphatic heterocycles. The van der Waals surface area contributed by atoms with Crippen molar-refractivity contribution < 1.29 is 14.6 Å². The summed E-state index contributed by atoms with van der Waals surface area (Å²) in [5, 5.41) is 17.9. The van der Waals surface area contributed by atoms with Gasteiger partial charge in [0.25, 0.3) is 0 Å². The molecule has 0 heterocycles. The average Bonchev–Trinajstić information content (AvgIpc) is 2.93. The fourth-order valence-corrected chi connectivity index (χ4v) is 7.91. The molecule has 0 aliphatic carbocycles. The molecule has 0 fully saturated rings. The van der Waals surface area contributed by atoms with E-state index in [1.807, 2.05) is 129 Å². The largest absolute Gasteiger partial charge is 0.451 e. The summed E-state index contributed by atoms with van der Waals surface area (Å²) in [5.41, 5.74) is 0.596. The minimum absolute atomic E-state index is 0.0125. The first-order valence-electron chi connectivity index (χ1n) is 11.9. The highest BCUT2D eigenvalue weighted by atomic mass is 31.2. The molecule has 0 aromatic heterocycles. The Morgan fingerprint density at radius 1 is 0.806 bits per heavy atom. The highest BCUT2D eigenvalue weighted by Crippen LogP contribution is 2.48. The molecule has 4 aromatic carbocycles. The number of carbonyl (C=O) groups is 1. The van der Waals surface area contributed by atoms with E-state index in [0.29, 0.717) is 5.56 Å². The van der Waals surface area contributed by atoms with E-state index >= 15 is 0 Å². The smallest absolute Gasteiger partial charge is 0.433 e. The van der Waals surface area contributed by atoms with Crippen LogP contribution in [0.15, 0.2) is 120 Å². The Kier molecular flexibility index (Phi) is 7.85. The standard InChI is InChI=1S/C30H31N2O3P/c1-23(2)31-36(32-29(33)35-3,26-19-11-6-12-20-26)28-22-14-13-21-27(28)30(34,24-15-7-4-8-16-24)25-17-9-5-10-18-25/h4-23,31,34H,1-3H3. The van der Waals surface area contributed by atoms with Crippen LogP contribution in [0.2, 0.25) is 0 Å². The molecule has 0 radical (unpaired) electrons. The maximum Gasteiger partial charge on any atom is 0.433 e. The summed E-state index contributed by atoms with van der Waals surface area (Å²) in [6.07, 6.45) is -0.668. The van der Waals surface area contributed by atoms with E-state index < -0.39 is 18.9 Å². The van der Waals surface area contributed by atoms with Crippen molar-refractivity contribution in [2.45, 2.75) is 25.5 Å². The van der Waals surface area contributed by atoms with Crippen LogP contribution in [0.5, 0.6) is 0 Å². The van der Waals surface area contributed by atoms with Crippen molar-refractivity contribution in [1.82, 2.24) is 5.09 Å². The maximum absolute atomic E-state index is 12.8. The number of rotatable bonds is 7. The molecule has 1 amide bonds. The average molecular weight is 499 g/mol. The summed E-state index contributed by atoms with van der Waals surface area (Å²) in [6, 6.07) is 36.6. The van der Waals surface area contributed by atoms with Gasteiger partial charge >= 0.3 is 6.09 Å². The summed E-state index contributed by atoms with van der Waals surface area (Å²) in [4.78, 5) is 12.8. The Morgan fingerprint density at radius 2 is 1.28 bits per heavy atom. The van der Waals surface area contributed by atoms with Crippen LogP contribution in [-0.4, -0.2) is 24.4 Å². The van der Waals surface area contributed by atoms with E-state index in [4.69, 9.17) is 9.48 Å². The Morgan fingerprint density at radius 3 is 1.78 bits per heavy atom. The van der Waals surface area contributed by atoms with E-state index in [-0.39, 0.29) is 6.04 Å². The lowest BCUT2D eigenvalue weighted by molar-refractivity contribution is 0.127. The van der Waals surface area contributed by atoms with Crippen LogP contribution < -0.4 is 15.7 Å². The van der Waals surface area contributed by atoms with Crippen molar-refractivity contribution in [2.24, 2.45) is 4.74 Å². The van der Waals surface area contributed by atoms with Crippen molar-refractivity contribution in [3.8, 4) is 0 Å². The van der Waals surface area contributed by atoms with E-state index in [9.17, 15) is 9.90 Å². The van der Waals surface area contributed by atoms with Gasteiger partial charge in [-0.2, -0.15) is 4.74 Å². The van der Waals surface area contributed by atoms with Gasteiger partial charge in [-0.3, -0.25) is 5.09 Å². The number of hydrogen-bond donors (Lipinski definition) is 2. The topological polar surface area (TPSA) is 70.9 Å². The lowest BCUT2D eigenvalue weighted by Crippen LogP contribution is -2.40. The number of benzene rings is 4. The van der Waals surface area contributed by atoms with Gasteiger partial charge in [0.2, 0.25) is 0 Å². The molecule has 0 bridgehead atoms. The molecule has 1 unspecified atom stereocenters. The summed E-state index contributed by atoms with van der Waals surface area (Å²) in [6.45, 7) is 4.04. The third kappa shape index (κ3) is 4.91. The zero-order valence-corrected chi connectivity index (χ0v) is 21.6. The minimum Gasteiger partial charge on any atom is -0.451 e. The lowest BCUT2D eigenvalue weighted by atomic mass is 9.80. The maximum atomic E-state index is 12.8. The number of carbonyl (C=O) groups excluding carboxylic acids is 1. The quantitative estimate of drug-likeness (QED) is 0.250. The second kappa shape index (κ2) is 11.0. The minimum atomic E-state index is -2.96. The number of amides is 1. The highest BCUT2D eigenvalue weighted by molar-refractivity contribution is 7.79. The van der Waals surface area contributed by atoms with Gasteiger partial charge in [-0.1, -0.05) is 115 Å².